The van der Waals surface area contributed by atoms with Gasteiger partial charge in [-0.3, -0.25) is 4.79 Å². The van der Waals surface area contributed by atoms with E-state index in [9.17, 15) is 9.59 Å². The number of piperazine rings is 1. The average molecular weight is 378 g/mol. The van der Waals surface area contributed by atoms with Crippen LogP contribution in [0, 0.1) is 0 Å². The molecule has 2 aromatic carbocycles. The Hall–Kier alpha value is -2.24. The van der Waals surface area contributed by atoms with E-state index in [2.05, 4.69) is 5.32 Å². The molecule has 1 fully saturated rings. The summed E-state index contributed by atoms with van der Waals surface area (Å²) in [7, 11) is 0. The molecular formula is C18H17Cl2N3O2. The van der Waals surface area contributed by atoms with Crippen molar-refractivity contribution in [1.29, 1.82) is 0 Å². The molecule has 0 saturated carbocycles. The lowest BCUT2D eigenvalue weighted by Gasteiger charge is -2.34. The Morgan fingerprint density at radius 2 is 1.52 bits per heavy atom. The second-order valence-electron chi connectivity index (χ2n) is 5.70. The highest BCUT2D eigenvalue weighted by atomic mass is 35.5. The lowest BCUT2D eigenvalue weighted by Crippen LogP contribution is -2.51. The standard InChI is InChI=1S/C18H17Cl2N3O2/c19-14-6-7-16(15(20)12-14)21-18(25)23-10-8-22(9-11-23)17(24)13-4-2-1-3-5-13/h1-7,12H,8-11H2,(H,21,25). The Balaban J connectivity index is 1.56. The van der Waals surface area contributed by atoms with Crippen LogP contribution in [0.25, 0.3) is 0 Å². The number of nitrogens with zero attached hydrogens (tertiary/aromatic N) is 2. The summed E-state index contributed by atoms with van der Waals surface area (Å²) in [4.78, 5) is 28.2. The Morgan fingerprint density at radius 1 is 0.880 bits per heavy atom. The zero-order chi connectivity index (χ0) is 17.8. The lowest BCUT2D eigenvalue weighted by atomic mass is 10.2. The summed E-state index contributed by atoms with van der Waals surface area (Å²) < 4.78 is 0. The van der Waals surface area contributed by atoms with Crippen LogP contribution in [0.1, 0.15) is 10.4 Å². The van der Waals surface area contributed by atoms with E-state index < -0.39 is 0 Å². The topological polar surface area (TPSA) is 52.7 Å². The van der Waals surface area contributed by atoms with Gasteiger partial charge >= 0.3 is 6.03 Å². The zero-order valence-corrected chi connectivity index (χ0v) is 14.9. The monoisotopic (exact) mass is 377 g/mol. The number of hydrogen-bond donors (Lipinski definition) is 1. The van der Waals surface area contributed by atoms with Crippen molar-refractivity contribution in [3.05, 3.63) is 64.1 Å². The smallest absolute Gasteiger partial charge is 0.322 e. The van der Waals surface area contributed by atoms with Gasteiger partial charge in [0, 0.05) is 36.8 Å². The highest BCUT2D eigenvalue weighted by molar-refractivity contribution is 6.36. The minimum absolute atomic E-state index is 0.0126. The fourth-order valence-electron chi connectivity index (χ4n) is 2.66. The van der Waals surface area contributed by atoms with Gasteiger partial charge in [-0.1, -0.05) is 41.4 Å². The van der Waals surface area contributed by atoms with E-state index in [1.807, 2.05) is 18.2 Å². The number of amides is 3. The van der Waals surface area contributed by atoms with Gasteiger partial charge in [0.1, 0.15) is 0 Å². The highest BCUT2D eigenvalue weighted by Crippen LogP contribution is 2.25. The summed E-state index contributed by atoms with van der Waals surface area (Å²) in [6, 6.07) is 13.8. The highest BCUT2D eigenvalue weighted by Gasteiger charge is 2.25. The summed E-state index contributed by atoms with van der Waals surface area (Å²) in [6.07, 6.45) is 0. The summed E-state index contributed by atoms with van der Waals surface area (Å²) in [5, 5.41) is 3.67. The van der Waals surface area contributed by atoms with Crippen molar-refractivity contribution in [3.8, 4) is 0 Å². The minimum atomic E-state index is -0.240. The molecule has 1 saturated heterocycles. The first-order chi connectivity index (χ1) is 12.0. The van der Waals surface area contributed by atoms with Crippen molar-refractivity contribution in [2.45, 2.75) is 0 Å². The van der Waals surface area contributed by atoms with Gasteiger partial charge in [-0.15, -0.1) is 0 Å². The quantitative estimate of drug-likeness (QED) is 0.860. The number of nitrogens with one attached hydrogen (secondary N) is 1. The maximum atomic E-state index is 12.4. The van der Waals surface area contributed by atoms with Crippen LogP contribution in [-0.4, -0.2) is 47.9 Å². The van der Waals surface area contributed by atoms with Crippen LogP contribution in [0.5, 0.6) is 0 Å². The van der Waals surface area contributed by atoms with Gasteiger partial charge in [0.05, 0.1) is 10.7 Å². The van der Waals surface area contributed by atoms with E-state index in [4.69, 9.17) is 23.2 Å². The molecule has 5 nitrogen and oxygen atoms in total. The molecule has 0 spiro atoms. The van der Waals surface area contributed by atoms with Crippen molar-refractivity contribution in [2.24, 2.45) is 0 Å². The summed E-state index contributed by atoms with van der Waals surface area (Å²) in [5.74, 6) is -0.0126. The zero-order valence-electron chi connectivity index (χ0n) is 13.4. The number of anilines is 1. The van der Waals surface area contributed by atoms with E-state index in [1.165, 1.54) is 0 Å². The molecule has 0 unspecified atom stereocenters. The van der Waals surface area contributed by atoms with Crippen LogP contribution < -0.4 is 5.32 Å². The van der Waals surface area contributed by atoms with Gasteiger partial charge in [0.25, 0.3) is 5.91 Å². The number of urea groups is 1. The molecule has 1 heterocycles. The molecule has 25 heavy (non-hydrogen) atoms. The lowest BCUT2D eigenvalue weighted by molar-refractivity contribution is 0.0671. The third-order valence-electron chi connectivity index (χ3n) is 4.05. The van der Waals surface area contributed by atoms with Crippen molar-refractivity contribution < 1.29 is 9.59 Å². The summed E-state index contributed by atoms with van der Waals surface area (Å²) in [5.41, 5.74) is 1.17. The Kier molecular flexibility index (Phi) is 5.46. The van der Waals surface area contributed by atoms with Gasteiger partial charge in [-0.05, 0) is 30.3 Å². The second kappa shape index (κ2) is 7.76. The van der Waals surface area contributed by atoms with E-state index in [1.54, 1.807) is 40.1 Å². The third kappa shape index (κ3) is 4.24. The Morgan fingerprint density at radius 3 is 2.16 bits per heavy atom. The van der Waals surface area contributed by atoms with Crippen LogP contribution in [0.3, 0.4) is 0 Å². The SMILES string of the molecule is O=C(Nc1ccc(Cl)cc1Cl)N1CCN(C(=O)c2ccccc2)CC1. The summed E-state index contributed by atoms with van der Waals surface area (Å²) in [6.45, 7) is 1.93. The first kappa shape index (κ1) is 17.6. The minimum Gasteiger partial charge on any atom is -0.335 e. The fourth-order valence-corrected chi connectivity index (χ4v) is 3.12. The maximum Gasteiger partial charge on any atom is 0.322 e. The molecule has 1 N–H and O–H groups in total. The predicted octanol–water partition coefficient (Wildman–Crippen LogP) is 3.98. The Bertz CT molecular complexity index is 775. The van der Waals surface area contributed by atoms with Crippen molar-refractivity contribution in [3.63, 3.8) is 0 Å². The molecule has 3 amide bonds. The molecule has 0 bridgehead atoms. The molecule has 130 valence electrons. The molecule has 7 heteroatoms. The van der Waals surface area contributed by atoms with Crippen molar-refractivity contribution in [2.75, 3.05) is 31.5 Å². The molecule has 3 rings (SSSR count). The number of carbonyl (C=O) groups excluding carboxylic acids is 2. The van der Waals surface area contributed by atoms with Gasteiger partial charge in [-0.25, -0.2) is 4.79 Å². The second-order valence-corrected chi connectivity index (χ2v) is 6.54. The number of hydrogen-bond acceptors (Lipinski definition) is 2. The number of carbonyl (C=O) groups is 2. The molecule has 0 aliphatic carbocycles. The van der Waals surface area contributed by atoms with Crippen LogP contribution in [-0.2, 0) is 0 Å². The predicted molar refractivity (Wildman–Crippen MR) is 99.4 cm³/mol. The van der Waals surface area contributed by atoms with E-state index >= 15 is 0 Å². The van der Waals surface area contributed by atoms with Crippen LogP contribution in [0.2, 0.25) is 10.0 Å². The molecule has 0 radical (unpaired) electrons. The maximum absolute atomic E-state index is 12.4. The number of benzene rings is 2. The van der Waals surface area contributed by atoms with E-state index in [-0.39, 0.29) is 11.9 Å². The molecule has 2 aromatic rings. The molecule has 0 atom stereocenters. The number of halogens is 2. The van der Waals surface area contributed by atoms with Gasteiger partial charge < -0.3 is 15.1 Å². The van der Waals surface area contributed by atoms with Crippen LogP contribution in [0.15, 0.2) is 48.5 Å². The van der Waals surface area contributed by atoms with Gasteiger partial charge in [-0.2, -0.15) is 0 Å². The first-order valence-corrected chi connectivity index (χ1v) is 8.65. The molecule has 1 aliphatic rings. The third-order valence-corrected chi connectivity index (χ3v) is 4.60. The molecule has 1 aliphatic heterocycles. The van der Waals surface area contributed by atoms with Crippen molar-refractivity contribution in [1.82, 2.24) is 9.80 Å². The van der Waals surface area contributed by atoms with E-state index in [0.717, 1.165) is 0 Å². The van der Waals surface area contributed by atoms with Crippen LogP contribution >= 0.6 is 23.2 Å². The molecule has 0 aromatic heterocycles. The average Bonchev–Trinajstić information content (AvgIpc) is 2.64. The van der Waals surface area contributed by atoms with Gasteiger partial charge in [0.15, 0.2) is 0 Å². The molecular weight excluding hydrogens is 361 g/mol. The Labute approximate surface area is 156 Å². The summed E-state index contributed by atoms with van der Waals surface area (Å²) >= 11 is 11.9. The first-order valence-electron chi connectivity index (χ1n) is 7.90. The van der Waals surface area contributed by atoms with E-state index in [0.29, 0.717) is 47.5 Å². The fraction of sp³-hybridized carbons (Fsp3) is 0.222. The largest absolute Gasteiger partial charge is 0.335 e. The van der Waals surface area contributed by atoms with Gasteiger partial charge in [0.2, 0.25) is 0 Å². The van der Waals surface area contributed by atoms with Crippen LogP contribution in [0.4, 0.5) is 10.5 Å². The van der Waals surface area contributed by atoms with Crippen molar-refractivity contribution >= 4 is 40.8 Å². The number of rotatable bonds is 2. The normalized spacial score (nSPS) is 14.3.